The van der Waals surface area contributed by atoms with Crippen molar-refractivity contribution in [2.75, 3.05) is 23.7 Å². The Kier molecular flexibility index (Phi) is 4.16. The van der Waals surface area contributed by atoms with Gasteiger partial charge in [0.05, 0.1) is 17.4 Å². The minimum Gasteiger partial charge on any atom is -0.381 e. The highest BCUT2D eigenvalue weighted by atomic mass is 32.2. The number of sulfonamides is 1. The summed E-state index contributed by atoms with van der Waals surface area (Å²) in [5.74, 6) is -0.169. The molecule has 2 heterocycles. The zero-order valence-corrected chi connectivity index (χ0v) is 12.3. The van der Waals surface area contributed by atoms with Gasteiger partial charge in [-0.1, -0.05) is 0 Å². The number of hydrogen-bond acceptors (Lipinski definition) is 4. The number of rotatable bonds is 4. The summed E-state index contributed by atoms with van der Waals surface area (Å²) in [6, 6.07) is 0.956. The number of halogens is 3. The Morgan fingerprint density at radius 3 is 2.71 bits per heavy atom. The molecule has 0 aliphatic carbocycles. The maximum atomic E-state index is 12.6. The number of pyridine rings is 1. The summed E-state index contributed by atoms with van der Waals surface area (Å²) < 4.78 is 68.3. The molecular weight excluding hydrogens is 309 g/mol. The van der Waals surface area contributed by atoms with E-state index in [-0.39, 0.29) is 24.5 Å². The monoisotopic (exact) mass is 324 g/mol. The molecule has 1 aliphatic heterocycles. The molecule has 118 valence electrons. The topological polar surface area (TPSA) is 59.5 Å². The zero-order valence-electron chi connectivity index (χ0n) is 11.5. The SMILES string of the molecule is COC(C)CS(=O)(=O)N1CCc2cc(C(F)(F)F)cnc21. The van der Waals surface area contributed by atoms with E-state index in [1.54, 1.807) is 6.92 Å². The minimum atomic E-state index is -4.49. The van der Waals surface area contributed by atoms with E-state index in [0.717, 1.165) is 10.4 Å². The molecule has 0 amide bonds. The molecule has 0 spiro atoms. The summed E-state index contributed by atoms with van der Waals surface area (Å²) in [6.45, 7) is 1.71. The van der Waals surface area contributed by atoms with Crippen molar-refractivity contribution in [3.63, 3.8) is 0 Å². The summed E-state index contributed by atoms with van der Waals surface area (Å²) in [5.41, 5.74) is -0.579. The molecule has 0 radical (unpaired) electrons. The van der Waals surface area contributed by atoms with Crippen LogP contribution in [0.15, 0.2) is 12.3 Å². The molecule has 1 aliphatic rings. The van der Waals surface area contributed by atoms with Gasteiger partial charge in [0.2, 0.25) is 10.0 Å². The van der Waals surface area contributed by atoms with Gasteiger partial charge in [-0.3, -0.25) is 4.31 Å². The Bertz CT molecular complexity index is 631. The van der Waals surface area contributed by atoms with Crippen LogP contribution in [0, 0.1) is 0 Å². The van der Waals surface area contributed by atoms with E-state index in [4.69, 9.17) is 4.74 Å². The van der Waals surface area contributed by atoms with Crippen molar-refractivity contribution >= 4 is 15.8 Å². The lowest BCUT2D eigenvalue weighted by atomic mass is 10.1. The average molecular weight is 324 g/mol. The second kappa shape index (κ2) is 5.45. The fourth-order valence-corrected chi connectivity index (χ4v) is 3.83. The normalized spacial score (nSPS) is 16.9. The molecular formula is C12H15F3N2O3S. The summed E-state index contributed by atoms with van der Waals surface area (Å²) in [4.78, 5) is 3.69. The van der Waals surface area contributed by atoms with Gasteiger partial charge in [0, 0.05) is 19.9 Å². The average Bonchev–Trinajstić information content (AvgIpc) is 2.80. The van der Waals surface area contributed by atoms with Crippen molar-refractivity contribution in [2.45, 2.75) is 25.6 Å². The summed E-state index contributed by atoms with van der Waals surface area (Å²) in [6.07, 6.45) is -4.12. The van der Waals surface area contributed by atoms with Crippen LogP contribution in [-0.2, 0) is 27.4 Å². The predicted octanol–water partition coefficient (Wildman–Crippen LogP) is 1.83. The largest absolute Gasteiger partial charge is 0.417 e. The Labute approximate surface area is 120 Å². The number of nitrogens with zero attached hydrogens (tertiary/aromatic N) is 2. The Hall–Kier alpha value is -1.35. The van der Waals surface area contributed by atoms with Crippen LogP contribution in [0.2, 0.25) is 0 Å². The molecule has 0 bridgehead atoms. The summed E-state index contributed by atoms with van der Waals surface area (Å²) in [5, 5.41) is 0. The van der Waals surface area contributed by atoms with Crippen LogP contribution in [0.25, 0.3) is 0 Å². The van der Waals surface area contributed by atoms with Crippen molar-refractivity contribution in [1.82, 2.24) is 4.98 Å². The fourth-order valence-electron chi connectivity index (χ4n) is 2.12. The first-order valence-electron chi connectivity index (χ1n) is 6.24. The molecule has 2 rings (SSSR count). The van der Waals surface area contributed by atoms with Crippen LogP contribution in [-0.4, -0.2) is 38.9 Å². The van der Waals surface area contributed by atoms with Crippen molar-refractivity contribution in [2.24, 2.45) is 0 Å². The second-order valence-corrected chi connectivity index (χ2v) is 6.79. The van der Waals surface area contributed by atoms with Gasteiger partial charge >= 0.3 is 6.18 Å². The first-order valence-corrected chi connectivity index (χ1v) is 7.85. The van der Waals surface area contributed by atoms with E-state index in [2.05, 4.69) is 4.98 Å². The Morgan fingerprint density at radius 1 is 1.48 bits per heavy atom. The van der Waals surface area contributed by atoms with Crippen molar-refractivity contribution in [3.8, 4) is 0 Å². The maximum absolute atomic E-state index is 12.6. The van der Waals surface area contributed by atoms with Gasteiger partial charge in [0.1, 0.15) is 5.82 Å². The van der Waals surface area contributed by atoms with Gasteiger partial charge < -0.3 is 4.74 Å². The lowest BCUT2D eigenvalue weighted by Crippen LogP contribution is -2.35. The lowest BCUT2D eigenvalue weighted by molar-refractivity contribution is -0.137. The van der Waals surface area contributed by atoms with E-state index in [0.29, 0.717) is 11.8 Å². The Morgan fingerprint density at radius 2 is 2.14 bits per heavy atom. The van der Waals surface area contributed by atoms with Crippen molar-refractivity contribution in [3.05, 3.63) is 23.4 Å². The minimum absolute atomic E-state index is 0.0753. The molecule has 1 aromatic heterocycles. The van der Waals surface area contributed by atoms with Crippen LogP contribution in [0.3, 0.4) is 0 Å². The van der Waals surface area contributed by atoms with Crippen molar-refractivity contribution < 1.29 is 26.3 Å². The van der Waals surface area contributed by atoms with Gasteiger partial charge in [0.15, 0.2) is 0 Å². The van der Waals surface area contributed by atoms with E-state index >= 15 is 0 Å². The quantitative estimate of drug-likeness (QED) is 0.848. The first-order chi connectivity index (χ1) is 9.65. The van der Waals surface area contributed by atoms with Crippen LogP contribution in [0.4, 0.5) is 19.0 Å². The number of fused-ring (bicyclic) bond motifs is 1. The molecule has 1 aromatic rings. The second-order valence-electron chi connectivity index (χ2n) is 4.85. The number of ether oxygens (including phenoxy) is 1. The van der Waals surface area contributed by atoms with Gasteiger partial charge in [-0.2, -0.15) is 13.2 Å². The molecule has 0 aromatic carbocycles. The smallest absolute Gasteiger partial charge is 0.381 e. The van der Waals surface area contributed by atoms with E-state index in [9.17, 15) is 21.6 Å². The third-order valence-corrected chi connectivity index (χ3v) is 5.19. The number of hydrogen-bond donors (Lipinski definition) is 0. The molecule has 0 N–H and O–H groups in total. The fraction of sp³-hybridized carbons (Fsp3) is 0.583. The first kappa shape index (κ1) is 16.0. The van der Waals surface area contributed by atoms with E-state index in [1.807, 2.05) is 0 Å². The standard InChI is InChI=1S/C12H15F3N2O3S/c1-8(20-2)7-21(18,19)17-4-3-9-5-10(12(13,14)15)6-16-11(9)17/h5-6,8H,3-4,7H2,1-2H3. The third-order valence-electron chi connectivity index (χ3n) is 3.27. The molecule has 0 fully saturated rings. The van der Waals surface area contributed by atoms with E-state index < -0.39 is 27.9 Å². The summed E-state index contributed by atoms with van der Waals surface area (Å²) >= 11 is 0. The highest BCUT2D eigenvalue weighted by Gasteiger charge is 2.36. The lowest BCUT2D eigenvalue weighted by Gasteiger charge is -2.20. The zero-order chi connectivity index (χ0) is 15.8. The molecule has 0 saturated heterocycles. The third kappa shape index (κ3) is 3.29. The van der Waals surface area contributed by atoms with E-state index in [1.165, 1.54) is 7.11 Å². The molecule has 1 unspecified atom stereocenters. The molecule has 21 heavy (non-hydrogen) atoms. The van der Waals surface area contributed by atoms with Gasteiger partial charge in [-0.05, 0) is 25.0 Å². The molecule has 1 atom stereocenters. The van der Waals surface area contributed by atoms with Crippen LogP contribution >= 0.6 is 0 Å². The predicted molar refractivity (Wildman–Crippen MR) is 70.5 cm³/mol. The van der Waals surface area contributed by atoms with Gasteiger partial charge in [-0.15, -0.1) is 0 Å². The molecule has 0 saturated carbocycles. The highest BCUT2D eigenvalue weighted by Crippen LogP contribution is 2.35. The molecule has 5 nitrogen and oxygen atoms in total. The molecule has 9 heteroatoms. The Balaban J connectivity index is 2.31. The van der Waals surface area contributed by atoms with Crippen molar-refractivity contribution in [1.29, 1.82) is 0 Å². The maximum Gasteiger partial charge on any atom is 0.417 e. The number of methoxy groups -OCH3 is 1. The number of aromatic nitrogens is 1. The van der Waals surface area contributed by atoms with Gasteiger partial charge in [-0.25, -0.2) is 13.4 Å². The number of anilines is 1. The number of alkyl halides is 3. The summed E-state index contributed by atoms with van der Waals surface area (Å²) in [7, 11) is -2.27. The van der Waals surface area contributed by atoms with Crippen LogP contribution < -0.4 is 4.31 Å². The van der Waals surface area contributed by atoms with Crippen LogP contribution in [0.5, 0.6) is 0 Å². The van der Waals surface area contributed by atoms with Gasteiger partial charge in [0.25, 0.3) is 0 Å². The van der Waals surface area contributed by atoms with Crippen LogP contribution in [0.1, 0.15) is 18.1 Å². The highest BCUT2D eigenvalue weighted by molar-refractivity contribution is 7.92.